The van der Waals surface area contributed by atoms with Gasteiger partial charge in [0, 0.05) is 14.1 Å². The van der Waals surface area contributed by atoms with Gasteiger partial charge in [0.1, 0.15) is 30.3 Å². The van der Waals surface area contributed by atoms with Crippen molar-refractivity contribution in [2.45, 2.75) is 125 Å². The third-order valence-electron chi connectivity index (χ3n) is 8.04. The number of nitrogens with one attached hydrogen (secondary N) is 6. The molecule has 0 aliphatic heterocycles. The van der Waals surface area contributed by atoms with Gasteiger partial charge in [0.15, 0.2) is 0 Å². The highest BCUT2D eigenvalue weighted by Gasteiger charge is 2.40. The highest BCUT2D eigenvalue weighted by molar-refractivity contribution is 6.38. The Kier molecular flexibility index (Phi) is 17.3. The van der Waals surface area contributed by atoms with Gasteiger partial charge in [0.05, 0.1) is 18.5 Å². The van der Waals surface area contributed by atoms with E-state index in [2.05, 4.69) is 31.9 Å². The molecule has 0 spiro atoms. The molecule has 16 heteroatoms. The minimum absolute atomic E-state index is 0.444. The minimum Gasteiger partial charge on any atom is -0.444 e. The van der Waals surface area contributed by atoms with Gasteiger partial charge in [-0.3, -0.25) is 33.6 Å². The van der Waals surface area contributed by atoms with Gasteiger partial charge in [-0.2, -0.15) is 0 Å². The number of nitrogens with zero attached hydrogens (tertiary/aromatic N) is 1. The van der Waals surface area contributed by atoms with E-state index in [1.807, 2.05) is 37.3 Å². The molecule has 0 radical (unpaired) electrons. The van der Waals surface area contributed by atoms with E-state index in [1.165, 1.54) is 25.9 Å². The van der Waals surface area contributed by atoms with Crippen LogP contribution in [0.25, 0.3) is 0 Å². The molecule has 0 aliphatic carbocycles. The Morgan fingerprint density at radius 2 is 1.22 bits per heavy atom. The fraction of sp³-hybridized carbons (Fsp3) is 0.632. The van der Waals surface area contributed by atoms with Crippen LogP contribution in [0.2, 0.25) is 0 Å². The van der Waals surface area contributed by atoms with Crippen LogP contribution in [0, 0.1) is 10.8 Å². The molecule has 0 saturated carbocycles. The second-order valence-electron chi connectivity index (χ2n) is 16.5. The molecule has 0 bridgehead atoms. The molecule has 0 saturated heterocycles. The summed E-state index contributed by atoms with van der Waals surface area (Å²) in [4.78, 5) is 106. The molecule has 5 unspecified atom stereocenters. The van der Waals surface area contributed by atoms with Crippen molar-refractivity contribution in [1.29, 1.82) is 0 Å². The van der Waals surface area contributed by atoms with Crippen LogP contribution in [0.15, 0.2) is 30.3 Å². The largest absolute Gasteiger partial charge is 0.444 e. The van der Waals surface area contributed by atoms with Gasteiger partial charge in [-0.25, -0.2) is 4.79 Å². The Morgan fingerprint density at radius 3 is 1.70 bits per heavy atom. The Labute approximate surface area is 319 Å². The third kappa shape index (κ3) is 15.9. The van der Waals surface area contributed by atoms with E-state index in [4.69, 9.17) is 4.74 Å². The van der Waals surface area contributed by atoms with Gasteiger partial charge in [0.25, 0.3) is 5.91 Å². The molecule has 302 valence electrons. The molecular formula is C38H61N7O9. The summed E-state index contributed by atoms with van der Waals surface area (Å²) in [5.41, 5.74) is -1.80. The van der Waals surface area contributed by atoms with Gasteiger partial charge in [-0.15, -0.1) is 0 Å². The number of rotatable bonds is 16. The molecule has 7 amide bonds. The van der Waals surface area contributed by atoms with E-state index >= 15 is 0 Å². The summed E-state index contributed by atoms with van der Waals surface area (Å²) in [6.07, 6.45) is -0.815. The maximum absolute atomic E-state index is 13.9. The highest BCUT2D eigenvalue weighted by Crippen LogP contribution is 2.24. The first kappa shape index (κ1) is 47.0. The first-order chi connectivity index (χ1) is 24.7. The normalized spacial score (nSPS) is 14.5. The SMILES string of the molecule is CCC(NC(=O)C(=O)C(C)NC(=O)C(CC(=O)N(C)C)NC(=O)C(NC(=O)C(NC(=O)CNC(=O)OC(C)(C)C)C(C)(C)C)C(C)(C)C)c1ccccc1. The van der Waals surface area contributed by atoms with Crippen molar-refractivity contribution in [3.63, 3.8) is 0 Å². The Hall–Kier alpha value is -5.02. The van der Waals surface area contributed by atoms with Crippen LogP contribution in [-0.2, 0) is 38.3 Å². The maximum atomic E-state index is 13.9. The average Bonchev–Trinajstić information content (AvgIpc) is 3.04. The summed E-state index contributed by atoms with van der Waals surface area (Å²) in [6.45, 7) is 17.8. The van der Waals surface area contributed by atoms with E-state index < -0.39 is 107 Å². The number of carbonyl (C=O) groups excluding carboxylic acids is 8. The average molecular weight is 760 g/mol. The minimum atomic E-state index is -1.50. The van der Waals surface area contributed by atoms with Crippen LogP contribution in [0.3, 0.4) is 0 Å². The molecule has 16 nitrogen and oxygen atoms in total. The van der Waals surface area contributed by atoms with Gasteiger partial charge in [-0.05, 0) is 50.5 Å². The predicted molar refractivity (Wildman–Crippen MR) is 202 cm³/mol. The topological polar surface area (TPSA) is 221 Å². The zero-order chi connectivity index (χ0) is 41.8. The van der Waals surface area contributed by atoms with E-state index in [0.29, 0.717) is 6.42 Å². The van der Waals surface area contributed by atoms with Gasteiger partial charge in [0.2, 0.25) is 35.3 Å². The van der Waals surface area contributed by atoms with Crippen LogP contribution in [0.5, 0.6) is 0 Å². The molecule has 1 aromatic rings. The molecule has 54 heavy (non-hydrogen) atoms. The molecule has 1 rings (SSSR count). The lowest BCUT2D eigenvalue weighted by atomic mass is 9.83. The lowest BCUT2D eigenvalue weighted by Gasteiger charge is -2.36. The first-order valence-electron chi connectivity index (χ1n) is 17.9. The van der Waals surface area contributed by atoms with Crippen LogP contribution in [0.1, 0.15) is 101 Å². The first-order valence-corrected chi connectivity index (χ1v) is 17.9. The van der Waals surface area contributed by atoms with E-state index in [-0.39, 0.29) is 0 Å². The second-order valence-corrected chi connectivity index (χ2v) is 16.5. The highest BCUT2D eigenvalue weighted by atomic mass is 16.6. The van der Waals surface area contributed by atoms with Crippen LogP contribution >= 0.6 is 0 Å². The van der Waals surface area contributed by atoms with Crippen molar-refractivity contribution in [2.75, 3.05) is 20.6 Å². The maximum Gasteiger partial charge on any atom is 0.408 e. The van der Waals surface area contributed by atoms with Crippen molar-refractivity contribution in [2.24, 2.45) is 10.8 Å². The number of alkyl carbamates (subject to hydrolysis) is 1. The van der Waals surface area contributed by atoms with E-state index in [0.717, 1.165) is 5.56 Å². The summed E-state index contributed by atoms with van der Waals surface area (Å²) in [5, 5.41) is 15.3. The van der Waals surface area contributed by atoms with Crippen LogP contribution in [0.4, 0.5) is 4.79 Å². The van der Waals surface area contributed by atoms with Crippen LogP contribution in [-0.4, -0.2) is 103 Å². The quantitative estimate of drug-likeness (QED) is 0.135. The van der Waals surface area contributed by atoms with Gasteiger partial charge < -0.3 is 41.5 Å². The molecular weight excluding hydrogens is 698 g/mol. The standard InChI is InChI=1S/C38H61N7O9/c1-14-24(23-18-16-15-17-19-23)41-32(50)28(48)22(2)40-31(49)25(20-27(47)45(12)13)42-33(51)30(37(6,7)8)44-34(52)29(36(3,4)5)43-26(46)21-39-35(53)54-38(9,10)11/h15-19,22,24-25,29-30H,14,20-21H2,1-13H3,(H,39,53)(H,40,49)(H,41,50)(H,42,51)(H,43,46)(H,44,52). The van der Waals surface area contributed by atoms with Crippen molar-refractivity contribution >= 4 is 47.3 Å². The fourth-order valence-corrected chi connectivity index (χ4v) is 4.99. The van der Waals surface area contributed by atoms with Gasteiger partial charge >= 0.3 is 6.09 Å². The number of hydrogen-bond acceptors (Lipinski definition) is 9. The smallest absolute Gasteiger partial charge is 0.408 e. The lowest BCUT2D eigenvalue weighted by molar-refractivity contribution is -0.141. The third-order valence-corrected chi connectivity index (χ3v) is 8.04. The lowest BCUT2D eigenvalue weighted by Crippen LogP contribution is -2.63. The molecule has 0 heterocycles. The van der Waals surface area contributed by atoms with Gasteiger partial charge in [-0.1, -0.05) is 78.8 Å². The number of hydrogen-bond donors (Lipinski definition) is 6. The summed E-state index contributed by atoms with van der Waals surface area (Å²) in [5.74, 6) is -5.50. The monoisotopic (exact) mass is 759 g/mol. The Bertz CT molecular complexity index is 1510. The molecule has 0 fully saturated rings. The van der Waals surface area contributed by atoms with Crippen molar-refractivity contribution in [3.8, 4) is 0 Å². The summed E-state index contributed by atoms with van der Waals surface area (Å²) in [6, 6.07) is 3.35. The van der Waals surface area contributed by atoms with Crippen LogP contribution < -0.4 is 31.9 Å². The molecule has 6 N–H and O–H groups in total. The van der Waals surface area contributed by atoms with Crippen molar-refractivity contribution in [1.82, 2.24) is 36.8 Å². The number of benzene rings is 1. The zero-order valence-corrected chi connectivity index (χ0v) is 34.0. The molecule has 0 aromatic heterocycles. The number of ether oxygens (including phenoxy) is 1. The molecule has 0 aliphatic rings. The number of amides is 7. The number of ketones is 1. The second kappa shape index (κ2) is 19.9. The Balaban J connectivity index is 3.20. The molecule has 1 aromatic carbocycles. The summed E-state index contributed by atoms with van der Waals surface area (Å²) < 4.78 is 5.15. The van der Waals surface area contributed by atoms with E-state index in [9.17, 15) is 38.4 Å². The molecule has 5 atom stereocenters. The summed E-state index contributed by atoms with van der Waals surface area (Å²) >= 11 is 0. The zero-order valence-electron chi connectivity index (χ0n) is 34.0. The summed E-state index contributed by atoms with van der Waals surface area (Å²) in [7, 11) is 2.93. The van der Waals surface area contributed by atoms with E-state index in [1.54, 1.807) is 62.3 Å². The number of Topliss-reactive ketones (excluding diaryl/α,β-unsaturated/α-hetero) is 1. The predicted octanol–water partition coefficient (Wildman–Crippen LogP) is 1.88. The van der Waals surface area contributed by atoms with Crippen molar-refractivity contribution in [3.05, 3.63) is 35.9 Å². The number of carbonyl (C=O) groups is 8. The van der Waals surface area contributed by atoms with Crippen molar-refractivity contribution < 1.29 is 43.1 Å². The fourth-order valence-electron chi connectivity index (χ4n) is 4.99. The Morgan fingerprint density at radius 1 is 0.704 bits per heavy atom.